The molecule has 1 fully saturated rings. The number of imide groups is 1. The third kappa shape index (κ3) is 9.86. The number of Topliss-reactive ketones (excluding diaryl/α,β-unsaturated/α-hetero) is 1. The Morgan fingerprint density at radius 1 is 0.855 bits per heavy atom. The molecule has 2 N–H and O–H groups in total. The van der Waals surface area contributed by atoms with Crippen LogP contribution in [0.15, 0.2) is 60.7 Å². The molecular weight excluding hydrogens is 720 g/mol. The van der Waals surface area contributed by atoms with Gasteiger partial charge in [0.1, 0.15) is 18.0 Å². The first kappa shape index (κ1) is 42.8. The molecule has 1 heterocycles. The van der Waals surface area contributed by atoms with Crippen LogP contribution >= 0.6 is 11.6 Å². The van der Waals surface area contributed by atoms with Crippen molar-refractivity contribution in [2.24, 2.45) is 5.41 Å². The van der Waals surface area contributed by atoms with E-state index in [1.54, 1.807) is 51.1 Å². The number of hydrogen-bond acceptors (Lipinski definition) is 7. The minimum absolute atomic E-state index is 0.0383. The van der Waals surface area contributed by atoms with Crippen LogP contribution in [0.5, 0.6) is 11.5 Å². The molecular formula is C43H55ClN4O7. The number of ketones is 1. The molecule has 0 bridgehead atoms. The first-order chi connectivity index (χ1) is 25.7. The second kappa shape index (κ2) is 17.3. The highest BCUT2D eigenvalue weighted by Crippen LogP contribution is 2.39. The Kier molecular flexibility index (Phi) is 13.5. The molecule has 0 aliphatic carbocycles. The molecule has 11 nitrogen and oxygen atoms in total. The van der Waals surface area contributed by atoms with Gasteiger partial charge in [-0.05, 0) is 72.1 Å². The normalized spacial score (nSPS) is 14.2. The molecule has 55 heavy (non-hydrogen) atoms. The zero-order valence-corrected chi connectivity index (χ0v) is 34.5. The quantitative estimate of drug-likeness (QED) is 0.0843. The molecule has 1 aliphatic heterocycles. The molecule has 5 amide bonds. The van der Waals surface area contributed by atoms with Crippen LogP contribution in [0.25, 0.3) is 0 Å². The first-order valence-corrected chi connectivity index (χ1v) is 19.1. The molecule has 4 rings (SSSR count). The second-order valence-corrected chi connectivity index (χ2v) is 16.6. The highest BCUT2D eigenvalue weighted by atomic mass is 35.5. The van der Waals surface area contributed by atoms with Crippen LogP contribution in [0.1, 0.15) is 99.1 Å². The van der Waals surface area contributed by atoms with Crippen molar-refractivity contribution in [1.82, 2.24) is 4.90 Å². The van der Waals surface area contributed by atoms with Gasteiger partial charge >= 0.3 is 6.03 Å². The van der Waals surface area contributed by atoms with Gasteiger partial charge in [0.25, 0.3) is 11.8 Å². The number of carbonyl (C=O) groups is 5. The van der Waals surface area contributed by atoms with Crippen molar-refractivity contribution < 1.29 is 33.4 Å². The van der Waals surface area contributed by atoms with Crippen LogP contribution in [0.4, 0.5) is 21.9 Å². The van der Waals surface area contributed by atoms with Gasteiger partial charge in [0.2, 0.25) is 5.91 Å². The van der Waals surface area contributed by atoms with Gasteiger partial charge in [0.15, 0.2) is 11.8 Å². The van der Waals surface area contributed by atoms with Crippen LogP contribution in [-0.2, 0) is 30.0 Å². The number of benzene rings is 3. The standard InChI is InChI=1S/C43H55ClN4O7/c1-11-42(6,7)27-19-22-33(29(24-27)43(8,9)12-2)55-23-15-18-35(49)45-28-20-21-30(44)31(25-28)46-39(52)37(38(51)41(3,4)5)48-36(50)26-47(40(48)53)32-16-13-14-17-34(32)54-10/h13-14,16-17,19-22,24-25,37H,11-12,15,18,23,26H2,1-10H3,(H,45,49)(H,46,52)/t37-/m0/s1. The minimum Gasteiger partial charge on any atom is -0.495 e. The maximum atomic E-state index is 13.9. The summed E-state index contributed by atoms with van der Waals surface area (Å²) >= 11 is 6.46. The Labute approximate surface area is 330 Å². The SMILES string of the molecule is CCC(C)(C)c1ccc(OCCCC(=O)Nc2ccc(Cl)c(NC(=O)[C@H](C(=O)C(C)(C)C)N3C(=O)CN(c4ccccc4OC)C3=O)c2)c(C(C)(C)CC)c1. The zero-order valence-electron chi connectivity index (χ0n) is 33.7. The Balaban J connectivity index is 1.45. The number of nitrogens with one attached hydrogen (secondary N) is 2. The summed E-state index contributed by atoms with van der Waals surface area (Å²) < 4.78 is 11.6. The van der Waals surface area contributed by atoms with Crippen LogP contribution in [0.3, 0.4) is 0 Å². The summed E-state index contributed by atoms with van der Waals surface area (Å²) in [4.78, 5) is 69.7. The summed E-state index contributed by atoms with van der Waals surface area (Å²) in [6, 6.07) is 15.0. The number of methoxy groups -OCH3 is 1. The van der Waals surface area contributed by atoms with Gasteiger partial charge in [0.05, 0.1) is 30.1 Å². The summed E-state index contributed by atoms with van der Waals surface area (Å²) in [6.07, 6.45) is 2.58. The zero-order chi connectivity index (χ0) is 40.9. The van der Waals surface area contributed by atoms with Gasteiger partial charge in [-0.1, -0.05) is 98.2 Å². The molecule has 3 aromatic carbocycles. The van der Waals surface area contributed by atoms with E-state index in [1.807, 2.05) is 6.07 Å². The van der Waals surface area contributed by atoms with Crippen LogP contribution in [0, 0.1) is 5.41 Å². The second-order valence-electron chi connectivity index (χ2n) is 16.2. The Bertz CT molecular complexity index is 1930. The van der Waals surface area contributed by atoms with Crippen molar-refractivity contribution in [2.75, 3.05) is 35.8 Å². The predicted molar refractivity (Wildman–Crippen MR) is 217 cm³/mol. The van der Waals surface area contributed by atoms with E-state index in [1.165, 1.54) is 29.7 Å². The molecule has 0 aromatic heterocycles. The average Bonchev–Trinajstić information content (AvgIpc) is 3.43. The Morgan fingerprint density at radius 3 is 2.16 bits per heavy atom. The summed E-state index contributed by atoms with van der Waals surface area (Å²) in [6.45, 7) is 18.0. The fourth-order valence-corrected chi connectivity index (χ4v) is 6.28. The van der Waals surface area contributed by atoms with Crippen LogP contribution in [0.2, 0.25) is 5.02 Å². The molecule has 12 heteroatoms. The lowest BCUT2D eigenvalue weighted by Crippen LogP contribution is -2.55. The molecule has 296 valence electrons. The van der Waals surface area contributed by atoms with E-state index in [9.17, 15) is 24.0 Å². The molecule has 0 saturated carbocycles. The summed E-state index contributed by atoms with van der Waals surface area (Å²) in [5.41, 5.74) is 2.01. The molecule has 3 aromatic rings. The number of ether oxygens (including phenoxy) is 2. The van der Waals surface area contributed by atoms with E-state index in [0.29, 0.717) is 35.1 Å². The van der Waals surface area contributed by atoms with E-state index < -0.39 is 41.6 Å². The third-order valence-electron chi connectivity index (χ3n) is 10.4. The number of anilines is 3. The van der Waals surface area contributed by atoms with E-state index >= 15 is 0 Å². The number of nitrogens with zero attached hydrogens (tertiary/aromatic N) is 2. The topological polar surface area (TPSA) is 134 Å². The Hall–Kier alpha value is -4.90. The number of urea groups is 1. The molecule has 1 saturated heterocycles. The maximum Gasteiger partial charge on any atom is 0.332 e. The lowest BCUT2D eigenvalue weighted by atomic mass is 9.76. The van der Waals surface area contributed by atoms with Gasteiger partial charge in [-0.3, -0.25) is 24.1 Å². The predicted octanol–water partition coefficient (Wildman–Crippen LogP) is 8.91. The summed E-state index contributed by atoms with van der Waals surface area (Å²) in [5, 5.41) is 5.58. The first-order valence-electron chi connectivity index (χ1n) is 18.7. The average molecular weight is 775 g/mol. The monoisotopic (exact) mass is 774 g/mol. The van der Waals surface area contributed by atoms with Crippen molar-refractivity contribution in [3.05, 3.63) is 76.8 Å². The lowest BCUT2D eigenvalue weighted by molar-refractivity contribution is -0.143. The summed E-state index contributed by atoms with van der Waals surface area (Å²) in [7, 11) is 1.44. The summed E-state index contributed by atoms with van der Waals surface area (Å²) in [5.74, 6) is -1.42. The molecule has 0 radical (unpaired) electrons. The minimum atomic E-state index is -1.80. The number of hydrogen-bond donors (Lipinski definition) is 2. The van der Waals surface area contributed by atoms with Gasteiger partial charge in [0, 0.05) is 23.1 Å². The van der Waals surface area contributed by atoms with E-state index in [-0.39, 0.29) is 33.9 Å². The van der Waals surface area contributed by atoms with Crippen LogP contribution < -0.4 is 25.0 Å². The van der Waals surface area contributed by atoms with Gasteiger partial charge in [-0.15, -0.1) is 0 Å². The third-order valence-corrected chi connectivity index (χ3v) is 10.8. The highest BCUT2D eigenvalue weighted by molar-refractivity contribution is 6.34. The van der Waals surface area contributed by atoms with Gasteiger partial charge < -0.3 is 20.1 Å². The maximum absolute atomic E-state index is 13.9. The highest BCUT2D eigenvalue weighted by Gasteiger charge is 2.50. The molecule has 0 unspecified atom stereocenters. The molecule has 1 atom stereocenters. The fourth-order valence-electron chi connectivity index (χ4n) is 6.11. The smallest absolute Gasteiger partial charge is 0.332 e. The van der Waals surface area contributed by atoms with Crippen molar-refractivity contribution in [3.63, 3.8) is 0 Å². The van der Waals surface area contributed by atoms with E-state index in [0.717, 1.165) is 24.2 Å². The lowest BCUT2D eigenvalue weighted by Gasteiger charge is -2.30. The van der Waals surface area contributed by atoms with Crippen molar-refractivity contribution in [2.45, 2.75) is 105 Å². The number of halogens is 1. The van der Waals surface area contributed by atoms with Crippen molar-refractivity contribution in [1.29, 1.82) is 0 Å². The number of rotatable bonds is 16. The molecule has 1 aliphatic rings. The number of carbonyl (C=O) groups excluding carboxylic acids is 5. The van der Waals surface area contributed by atoms with Gasteiger partial charge in [-0.25, -0.2) is 9.69 Å². The number of amides is 5. The van der Waals surface area contributed by atoms with E-state index in [4.69, 9.17) is 21.1 Å². The van der Waals surface area contributed by atoms with Crippen molar-refractivity contribution >= 4 is 58.2 Å². The van der Waals surface area contributed by atoms with Gasteiger partial charge in [-0.2, -0.15) is 0 Å². The van der Waals surface area contributed by atoms with Crippen LogP contribution in [-0.4, -0.2) is 60.7 Å². The fraction of sp³-hybridized carbons (Fsp3) is 0.465. The number of para-hydroxylation sites is 2. The Morgan fingerprint density at radius 2 is 1.53 bits per heavy atom. The molecule has 0 spiro atoms. The van der Waals surface area contributed by atoms with E-state index in [2.05, 4.69) is 64.3 Å². The van der Waals surface area contributed by atoms with Crippen molar-refractivity contribution in [3.8, 4) is 11.5 Å². The largest absolute Gasteiger partial charge is 0.495 e.